The van der Waals surface area contributed by atoms with Crippen molar-refractivity contribution >= 4 is 55.9 Å². The van der Waals surface area contributed by atoms with Gasteiger partial charge >= 0.3 is 0 Å². The molecule has 5 rings (SSSR count). The van der Waals surface area contributed by atoms with Gasteiger partial charge in [-0.1, -0.05) is 60.1 Å². The van der Waals surface area contributed by atoms with Gasteiger partial charge in [-0.2, -0.15) is 5.26 Å². The summed E-state index contributed by atoms with van der Waals surface area (Å²) < 4.78 is 0.979. The largest absolute Gasteiger partial charge is 0.303 e. The molecule has 4 aromatic rings. The van der Waals surface area contributed by atoms with Crippen molar-refractivity contribution in [3.63, 3.8) is 0 Å². The van der Waals surface area contributed by atoms with E-state index in [9.17, 15) is 10.1 Å². The van der Waals surface area contributed by atoms with Crippen molar-refractivity contribution < 1.29 is 4.79 Å². The molecular formula is C24H14ClN3OS. The second-order valence-electron chi connectivity index (χ2n) is 6.85. The highest BCUT2D eigenvalue weighted by Gasteiger charge is 2.35. The first-order valence-electron chi connectivity index (χ1n) is 9.32. The smallest absolute Gasteiger partial charge is 0.260 e. The number of hydrogen-bond donors (Lipinski definition) is 0. The lowest BCUT2D eigenvalue weighted by Gasteiger charge is -2.18. The van der Waals surface area contributed by atoms with Crippen molar-refractivity contribution in [1.29, 1.82) is 5.26 Å². The van der Waals surface area contributed by atoms with E-state index in [0.717, 1.165) is 27.0 Å². The zero-order valence-corrected chi connectivity index (χ0v) is 17.2. The third-order valence-electron chi connectivity index (χ3n) is 5.08. The molecule has 1 amide bonds. The number of para-hydroxylation sites is 2. The molecule has 1 aromatic heterocycles. The van der Waals surface area contributed by atoms with E-state index in [-0.39, 0.29) is 5.91 Å². The van der Waals surface area contributed by atoms with E-state index in [1.54, 1.807) is 4.90 Å². The number of rotatable bonds is 3. The number of hydrogen-bond acceptors (Lipinski definition) is 4. The van der Waals surface area contributed by atoms with Crippen molar-refractivity contribution in [2.24, 2.45) is 0 Å². The molecule has 144 valence electrons. The zero-order valence-electron chi connectivity index (χ0n) is 15.7. The number of aromatic nitrogens is 1. The molecule has 0 spiro atoms. The van der Waals surface area contributed by atoms with E-state index in [0.29, 0.717) is 27.7 Å². The number of thiazole rings is 1. The summed E-state index contributed by atoms with van der Waals surface area (Å²) >= 11 is 7.75. The number of nitriles is 1. The molecule has 0 fully saturated rings. The van der Waals surface area contributed by atoms with Gasteiger partial charge in [0, 0.05) is 10.6 Å². The average molecular weight is 428 g/mol. The fraction of sp³-hybridized carbons (Fsp3) is 0.0417. The van der Waals surface area contributed by atoms with Crippen LogP contribution in [-0.4, -0.2) is 10.9 Å². The number of halogens is 1. The normalized spacial score (nSPS) is 14.7. The Morgan fingerprint density at radius 3 is 2.57 bits per heavy atom. The molecule has 30 heavy (non-hydrogen) atoms. The Bertz CT molecular complexity index is 1350. The van der Waals surface area contributed by atoms with Crippen molar-refractivity contribution in [1.82, 2.24) is 4.98 Å². The molecule has 0 saturated carbocycles. The molecule has 0 aliphatic carbocycles. The van der Waals surface area contributed by atoms with Gasteiger partial charge in [0.1, 0.15) is 16.6 Å². The summed E-state index contributed by atoms with van der Waals surface area (Å²) in [5.74, 6) is -0.216. The van der Waals surface area contributed by atoms with Crippen molar-refractivity contribution in [3.05, 3.63) is 94.0 Å². The number of anilines is 1. The first-order chi connectivity index (χ1) is 14.7. The summed E-state index contributed by atoms with van der Waals surface area (Å²) in [5, 5.41) is 11.2. The Hall–Kier alpha value is -3.46. The molecule has 4 nitrogen and oxygen atoms in total. The van der Waals surface area contributed by atoms with Gasteiger partial charge in [0.15, 0.2) is 0 Å². The highest BCUT2D eigenvalue weighted by atomic mass is 35.5. The van der Waals surface area contributed by atoms with Gasteiger partial charge in [0.05, 0.1) is 28.0 Å². The lowest BCUT2D eigenvalue weighted by Crippen LogP contribution is -2.26. The molecule has 0 atom stereocenters. The van der Waals surface area contributed by atoms with Gasteiger partial charge in [-0.05, 0) is 29.8 Å². The number of carbonyl (C=O) groups is 1. The number of fused-ring (bicyclic) bond motifs is 2. The summed E-state index contributed by atoms with van der Waals surface area (Å²) in [5.41, 5.74) is 3.87. The number of allylic oxidation sites excluding steroid dienone is 1. The molecular weight excluding hydrogens is 414 g/mol. The Balaban J connectivity index is 1.67. The summed E-state index contributed by atoms with van der Waals surface area (Å²) in [6.45, 7) is 0.331. The van der Waals surface area contributed by atoms with E-state index >= 15 is 0 Å². The van der Waals surface area contributed by atoms with Gasteiger partial charge < -0.3 is 4.90 Å². The van der Waals surface area contributed by atoms with Crippen molar-refractivity contribution in [2.75, 3.05) is 4.90 Å². The molecule has 6 heteroatoms. The predicted molar refractivity (Wildman–Crippen MR) is 121 cm³/mol. The van der Waals surface area contributed by atoms with Crippen LogP contribution >= 0.6 is 22.9 Å². The molecule has 0 bridgehead atoms. The highest BCUT2D eigenvalue weighted by Crippen LogP contribution is 2.42. The van der Waals surface area contributed by atoms with Crippen LogP contribution in [0.5, 0.6) is 0 Å². The average Bonchev–Trinajstić information content (AvgIpc) is 3.31. The van der Waals surface area contributed by atoms with Gasteiger partial charge in [-0.15, -0.1) is 11.3 Å². The quantitative estimate of drug-likeness (QED) is 0.300. The van der Waals surface area contributed by atoms with E-state index < -0.39 is 0 Å². The first-order valence-corrected chi connectivity index (χ1v) is 10.5. The van der Waals surface area contributed by atoms with E-state index in [2.05, 4.69) is 11.1 Å². The Kier molecular flexibility index (Phi) is 4.59. The molecule has 3 aromatic carbocycles. The molecule has 0 unspecified atom stereocenters. The fourth-order valence-corrected chi connectivity index (χ4v) is 4.83. The van der Waals surface area contributed by atoms with Crippen molar-refractivity contribution in [2.45, 2.75) is 6.54 Å². The standard InChI is InChI=1S/C24H14ClN3OS/c25-18-9-3-1-7-15(18)14-28-20-11-5-2-8-16(20)22(24(28)29)17(13-26)23-27-19-10-4-6-12-21(19)30-23/h1-12H,14H2. The number of carbonyl (C=O) groups excluding carboxylic acids is 1. The fourth-order valence-electron chi connectivity index (χ4n) is 3.67. The minimum Gasteiger partial charge on any atom is -0.303 e. The molecule has 1 aliphatic heterocycles. The van der Waals surface area contributed by atoms with Gasteiger partial charge in [-0.3, -0.25) is 4.79 Å². The summed E-state index contributed by atoms with van der Waals surface area (Å²) in [6.07, 6.45) is 0. The Morgan fingerprint density at radius 1 is 1.03 bits per heavy atom. The monoisotopic (exact) mass is 427 g/mol. The van der Waals surface area contributed by atoms with Crippen LogP contribution in [-0.2, 0) is 11.3 Å². The summed E-state index contributed by atoms with van der Waals surface area (Å²) in [6, 6.07) is 24.9. The van der Waals surface area contributed by atoms with Gasteiger partial charge in [0.25, 0.3) is 5.91 Å². The maximum Gasteiger partial charge on any atom is 0.260 e. The second kappa shape index (κ2) is 7.42. The van der Waals surface area contributed by atoms with Crippen LogP contribution in [0.2, 0.25) is 5.02 Å². The Morgan fingerprint density at radius 2 is 1.77 bits per heavy atom. The predicted octanol–water partition coefficient (Wildman–Crippen LogP) is 5.93. The molecule has 0 radical (unpaired) electrons. The number of amides is 1. The molecule has 1 aliphatic rings. The van der Waals surface area contributed by atoms with Crippen LogP contribution in [0.1, 0.15) is 16.1 Å². The highest BCUT2D eigenvalue weighted by molar-refractivity contribution is 7.19. The van der Waals surface area contributed by atoms with Crippen LogP contribution < -0.4 is 4.90 Å². The molecule has 0 saturated heterocycles. The summed E-state index contributed by atoms with van der Waals surface area (Å²) in [7, 11) is 0. The van der Waals surface area contributed by atoms with Crippen LogP contribution in [0.4, 0.5) is 5.69 Å². The van der Waals surface area contributed by atoms with E-state index in [1.165, 1.54) is 11.3 Å². The van der Waals surface area contributed by atoms with Crippen LogP contribution in [0.25, 0.3) is 21.4 Å². The first kappa shape index (κ1) is 18.6. The second-order valence-corrected chi connectivity index (χ2v) is 8.29. The maximum atomic E-state index is 13.5. The number of benzene rings is 3. The lowest BCUT2D eigenvalue weighted by atomic mass is 10.0. The topological polar surface area (TPSA) is 57.0 Å². The minimum absolute atomic E-state index is 0.216. The third-order valence-corrected chi connectivity index (χ3v) is 6.50. The van der Waals surface area contributed by atoms with E-state index in [1.807, 2.05) is 72.8 Å². The Labute approximate surface area is 182 Å². The van der Waals surface area contributed by atoms with Gasteiger partial charge in [0.2, 0.25) is 0 Å². The molecule has 0 N–H and O–H groups in total. The lowest BCUT2D eigenvalue weighted by molar-refractivity contribution is -0.113. The van der Waals surface area contributed by atoms with Crippen LogP contribution in [0, 0.1) is 11.3 Å². The van der Waals surface area contributed by atoms with Crippen LogP contribution in [0.3, 0.4) is 0 Å². The van der Waals surface area contributed by atoms with E-state index in [4.69, 9.17) is 11.6 Å². The zero-order chi connectivity index (χ0) is 20.7. The van der Waals surface area contributed by atoms with Crippen LogP contribution in [0.15, 0.2) is 72.8 Å². The number of nitrogens with zero attached hydrogens (tertiary/aromatic N) is 3. The summed E-state index contributed by atoms with van der Waals surface area (Å²) in [4.78, 5) is 19.8. The SMILES string of the molecule is N#CC(=C1C(=O)N(Cc2ccccc2Cl)c2ccccc21)c1nc2ccccc2s1. The third kappa shape index (κ3) is 2.98. The minimum atomic E-state index is -0.216. The molecule has 2 heterocycles. The van der Waals surface area contributed by atoms with Crippen molar-refractivity contribution in [3.8, 4) is 6.07 Å². The maximum absolute atomic E-state index is 13.5. The van der Waals surface area contributed by atoms with Gasteiger partial charge in [-0.25, -0.2) is 4.98 Å².